The maximum Gasteiger partial charge on any atom is 0.127 e. The Labute approximate surface area is 107 Å². The molecule has 0 atom stereocenters. The maximum atomic E-state index is 4.74. The van der Waals surface area contributed by atoms with Crippen molar-refractivity contribution < 1.29 is 0 Å². The normalized spacial score (nSPS) is 18.3. The van der Waals surface area contributed by atoms with Gasteiger partial charge in [0.05, 0.1) is 16.6 Å². The van der Waals surface area contributed by atoms with Gasteiger partial charge in [0.25, 0.3) is 0 Å². The molecule has 4 heteroatoms. The van der Waals surface area contributed by atoms with Gasteiger partial charge in [-0.3, -0.25) is 4.90 Å². The van der Waals surface area contributed by atoms with Gasteiger partial charge < -0.3 is 10.3 Å². The van der Waals surface area contributed by atoms with E-state index in [1.165, 1.54) is 0 Å². The van der Waals surface area contributed by atoms with E-state index in [0.717, 1.165) is 43.0 Å². The molecule has 1 aromatic heterocycles. The van der Waals surface area contributed by atoms with Crippen LogP contribution < -0.4 is 5.32 Å². The molecule has 2 aromatic rings. The Kier molecular flexibility index (Phi) is 2.84. The van der Waals surface area contributed by atoms with E-state index in [4.69, 9.17) is 4.98 Å². The smallest absolute Gasteiger partial charge is 0.127 e. The summed E-state index contributed by atoms with van der Waals surface area (Å²) in [5.41, 5.74) is 2.13. The summed E-state index contributed by atoms with van der Waals surface area (Å²) in [6, 6.07) is 8.22. The highest BCUT2D eigenvalue weighted by molar-refractivity contribution is 5.74. The fraction of sp³-hybridized carbons (Fsp3) is 0.500. The number of H-pyrrole nitrogens is 1. The van der Waals surface area contributed by atoms with Crippen LogP contribution in [0.1, 0.15) is 19.7 Å². The van der Waals surface area contributed by atoms with Crippen molar-refractivity contribution in [3.63, 3.8) is 0 Å². The number of fused-ring (bicyclic) bond motifs is 1. The molecule has 0 radical (unpaired) electrons. The highest BCUT2D eigenvalue weighted by Gasteiger charge is 2.32. The Balaban J connectivity index is 1.96. The summed E-state index contributed by atoms with van der Waals surface area (Å²) >= 11 is 0. The Morgan fingerprint density at radius 2 is 1.89 bits per heavy atom. The number of aromatic nitrogens is 2. The van der Waals surface area contributed by atoms with Crippen LogP contribution in [0.5, 0.6) is 0 Å². The minimum absolute atomic E-state index is 0.0406. The van der Waals surface area contributed by atoms with Crippen molar-refractivity contribution in [2.24, 2.45) is 0 Å². The number of piperazine rings is 1. The molecule has 0 bridgehead atoms. The fourth-order valence-electron chi connectivity index (χ4n) is 2.62. The monoisotopic (exact) mass is 244 g/mol. The third kappa shape index (κ3) is 1.91. The first-order valence-corrected chi connectivity index (χ1v) is 6.59. The molecule has 1 aliphatic heterocycles. The molecule has 1 saturated heterocycles. The molecular formula is C14H20N4. The average molecular weight is 244 g/mol. The summed E-state index contributed by atoms with van der Waals surface area (Å²) in [6.07, 6.45) is 0. The zero-order valence-corrected chi connectivity index (χ0v) is 11.0. The Morgan fingerprint density at radius 3 is 2.61 bits per heavy atom. The summed E-state index contributed by atoms with van der Waals surface area (Å²) in [7, 11) is 0. The largest absolute Gasteiger partial charge is 0.340 e. The van der Waals surface area contributed by atoms with Crippen LogP contribution in [0.25, 0.3) is 11.0 Å². The van der Waals surface area contributed by atoms with Gasteiger partial charge in [0.15, 0.2) is 0 Å². The number of hydrogen-bond acceptors (Lipinski definition) is 3. The van der Waals surface area contributed by atoms with E-state index in [2.05, 4.69) is 41.2 Å². The van der Waals surface area contributed by atoms with Crippen molar-refractivity contribution in [3.8, 4) is 0 Å². The van der Waals surface area contributed by atoms with E-state index >= 15 is 0 Å². The van der Waals surface area contributed by atoms with Crippen molar-refractivity contribution in [1.82, 2.24) is 20.2 Å². The Hall–Kier alpha value is -1.39. The average Bonchev–Trinajstić information content (AvgIpc) is 2.84. The predicted molar refractivity (Wildman–Crippen MR) is 73.6 cm³/mol. The van der Waals surface area contributed by atoms with Crippen molar-refractivity contribution in [2.45, 2.75) is 19.4 Å². The summed E-state index contributed by atoms with van der Waals surface area (Å²) in [5.74, 6) is 1.06. The lowest BCUT2D eigenvalue weighted by molar-refractivity contribution is 0.0958. The van der Waals surface area contributed by atoms with Gasteiger partial charge in [-0.2, -0.15) is 0 Å². The van der Waals surface area contributed by atoms with Crippen LogP contribution in [-0.2, 0) is 5.54 Å². The molecule has 0 amide bonds. The summed E-state index contributed by atoms with van der Waals surface area (Å²) in [4.78, 5) is 10.7. The molecule has 3 rings (SSSR count). The van der Waals surface area contributed by atoms with Gasteiger partial charge in [0.1, 0.15) is 5.82 Å². The number of aromatic amines is 1. The second-order valence-electron chi connectivity index (χ2n) is 5.40. The second-order valence-corrected chi connectivity index (χ2v) is 5.40. The molecule has 1 aliphatic rings. The topological polar surface area (TPSA) is 44.0 Å². The SMILES string of the molecule is CC(C)(c1nc2ccccc2[nH]1)N1CCNCC1. The van der Waals surface area contributed by atoms with Crippen LogP contribution in [0.4, 0.5) is 0 Å². The van der Waals surface area contributed by atoms with Gasteiger partial charge in [-0.1, -0.05) is 12.1 Å². The molecule has 96 valence electrons. The summed E-state index contributed by atoms with van der Waals surface area (Å²) < 4.78 is 0. The van der Waals surface area contributed by atoms with Gasteiger partial charge >= 0.3 is 0 Å². The molecule has 0 aliphatic carbocycles. The highest BCUT2D eigenvalue weighted by atomic mass is 15.3. The number of hydrogen-bond donors (Lipinski definition) is 2. The molecule has 4 nitrogen and oxygen atoms in total. The molecule has 2 N–H and O–H groups in total. The highest BCUT2D eigenvalue weighted by Crippen LogP contribution is 2.27. The Morgan fingerprint density at radius 1 is 1.17 bits per heavy atom. The number of imidazole rings is 1. The van der Waals surface area contributed by atoms with Crippen molar-refractivity contribution in [3.05, 3.63) is 30.1 Å². The fourth-order valence-corrected chi connectivity index (χ4v) is 2.62. The van der Waals surface area contributed by atoms with Crippen LogP contribution in [0.3, 0.4) is 0 Å². The number of nitrogens with one attached hydrogen (secondary N) is 2. The molecule has 2 heterocycles. The lowest BCUT2D eigenvalue weighted by atomic mass is 10.0. The quantitative estimate of drug-likeness (QED) is 0.845. The first-order chi connectivity index (χ1) is 8.68. The number of benzene rings is 1. The van der Waals surface area contributed by atoms with Crippen molar-refractivity contribution in [1.29, 1.82) is 0 Å². The lowest BCUT2D eigenvalue weighted by Crippen LogP contribution is -2.52. The van der Waals surface area contributed by atoms with Crippen LogP contribution in [-0.4, -0.2) is 41.0 Å². The van der Waals surface area contributed by atoms with Crippen molar-refractivity contribution in [2.75, 3.05) is 26.2 Å². The van der Waals surface area contributed by atoms with E-state index < -0.39 is 0 Å². The molecule has 0 saturated carbocycles. The molecule has 18 heavy (non-hydrogen) atoms. The molecule has 1 aromatic carbocycles. The van der Waals surface area contributed by atoms with E-state index in [1.807, 2.05) is 12.1 Å². The van der Waals surface area contributed by atoms with E-state index in [0.29, 0.717) is 0 Å². The lowest BCUT2D eigenvalue weighted by Gasteiger charge is -2.39. The van der Waals surface area contributed by atoms with E-state index in [-0.39, 0.29) is 5.54 Å². The third-order valence-electron chi connectivity index (χ3n) is 3.88. The van der Waals surface area contributed by atoms with Crippen LogP contribution in [0.15, 0.2) is 24.3 Å². The van der Waals surface area contributed by atoms with Gasteiger partial charge in [-0.05, 0) is 26.0 Å². The Bertz CT molecular complexity index is 504. The summed E-state index contributed by atoms with van der Waals surface area (Å²) in [6.45, 7) is 8.76. The van der Waals surface area contributed by atoms with Crippen LogP contribution in [0.2, 0.25) is 0 Å². The van der Waals surface area contributed by atoms with E-state index in [9.17, 15) is 0 Å². The van der Waals surface area contributed by atoms with Gasteiger partial charge in [-0.15, -0.1) is 0 Å². The first-order valence-electron chi connectivity index (χ1n) is 6.59. The number of para-hydroxylation sites is 2. The predicted octanol–water partition coefficient (Wildman–Crippen LogP) is 1.70. The number of nitrogens with zero attached hydrogens (tertiary/aromatic N) is 2. The first kappa shape index (κ1) is 11.7. The summed E-state index contributed by atoms with van der Waals surface area (Å²) in [5, 5.41) is 3.39. The molecule has 0 unspecified atom stereocenters. The van der Waals surface area contributed by atoms with Gasteiger partial charge in [-0.25, -0.2) is 4.98 Å². The van der Waals surface area contributed by atoms with Gasteiger partial charge in [0, 0.05) is 26.2 Å². The third-order valence-corrected chi connectivity index (χ3v) is 3.88. The zero-order chi connectivity index (χ0) is 12.6. The van der Waals surface area contributed by atoms with Crippen LogP contribution >= 0.6 is 0 Å². The minimum Gasteiger partial charge on any atom is -0.340 e. The maximum absolute atomic E-state index is 4.74. The standard InChI is InChI=1S/C14H20N4/c1-14(2,18-9-7-15-8-10-18)13-16-11-5-3-4-6-12(11)17-13/h3-6,15H,7-10H2,1-2H3,(H,16,17). The minimum atomic E-state index is -0.0406. The van der Waals surface area contributed by atoms with Crippen LogP contribution in [0, 0.1) is 0 Å². The molecule has 1 fully saturated rings. The number of rotatable bonds is 2. The zero-order valence-electron chi connectivity index (χ0n) is 11.0. The van der Waals surface area contributed by atoms with E-state index in [1.54, 1.807) is 0 Å². The second kappa shape index (κ2) is 4.37. The molecular weight excluding hydrogens is 224 g/mol. The molecule has 0 spiro atoms. The van der Waals surface area contributed by atoms with Crippen molar-refractivity contribution >= 4 is 11.0 Å². The van der Waals surface area contributed by atoms with Gasteiger partial charge in [0.2, 0.25) is 0 Å².